The largest absolute Gasteiger partial charge is 0.337 e. The standard InChI is InChI=1S/C23H19N3O3S/c1-26(14-20-13-24-22(30-20)15-5-3-2-4-6-15)23(28)19-10-8-16-11-18(21(27)25-29)9-7-17(16)12-19/h2-13,29H,14H2,1H3,(H,25,27). The van der Waals surface area contributed by atoms with E-state index in [0.29, 0.717) is 17.7 Å². The molecule has 3 aromatic carbocycles. The van der Waals surface area contributed by atoms with Gasteiger partial charge in [0.25, 0.3) is 11.8 Å². The normalized spacial score (nSPS) is 10.7. The highest BCUT2D eigenvalue weighted by atomic mass is 32.1. The van der Waals surface area contributed by atoms with Crippen molar-refractivity contribution in [3.05, 3.63) is 88.9 Å². The number of carbonyl (C=O) groups excluding carboxylic acids is 2. The highest BCUT2D eigenvalue weighted by Gasteiger charge is 2.15. The van der Waals surface area contributed by atoms with Gasteiger partial charge in [-0.15, -0.1) is 11.3 Å². The van der Waals surface area contributed by atoms with E-state index in [1.165, 1.54) is 0 Å². The fourth-order valence-corrected chi connectivity index (χ4v) is 4.18. The average Bonchev–Trinajstić information content (AvgIpc) is 3.26. The van der Waals surface area contributed by atoms with Gasteiger partial charge in [0.1, 0.15) is 5.01 Å². The van der Waals surface area contributed by atoms with Gasteiger partial charge in [-0.3, -0.25) is 14.8 Å². The van der Waals surface area contributed by atoms with Crippen LogP contribution in [0.25, 0.3) is 21.3 Å². The minimum Gasteiger partial charge on any atom is -0.337 e. The van der Waals surface area contributed by atoms with E-state index < -0.39 is 5.91 Å². The number of rotatable bonds is 5. The maximum atomic E-state index is 12.9. The molecule has 0 spiro atoms. The first kappa shape index (κ1) is 19.8. The number of carbonyl (C=O) groups is 2. The molecule has 0 atom stereocenters. The van der Waals surface area contributed by atoms with Gasteiger partial charge < -0.3 is 4.90 Å². The van der Waals surface area contributed by atoms with Crippen LogP contribution in [-0.4, -0.2) is 34.0 Å². The number of amides is 2. The van der Waals surface area contributed by atoms with Gasteiger partial charge >= 0.3 is 0 Å². The molecule has 0 unspecified atom stereocenters. The Morgan fingerprint density at radius 3 is 2.37 bits per heavy atom. The number of nitrogens with one attached hydrogen (secondary N) is 1. The van der Waals surface area contributed by atoms with Crippen LogP contribution in [0.5, 0.6) is 0 Å². The lowest BCUT2D eigenvalue weighted by Crippen LogP contribution is -2.25. The van der Waals surface area contributed by atoms with Gasteiger partial charge in [-0.2, -0.15) is 0 Å². The molecule has 30 heavy (non-hydrogen) atoms. The van der Waals surface area contributed by atoms with Gasteiger partial charge in [0.2, 0.25) is 0 Å². The van der Waals surface area contributed by atoms with Crippen molar-refractivity contribution in [3.63, 3.8) is 0 Å². The SMILES string of the molecule is CN(Cc1cnc(-c2ccccc2)s1)C(=O)c1ccc2cc(C(=O)NO)ccc2c1. The second-order valence-corrected chi connectivity index (χ2v) is 7.99. The molecule has 6 nitrogen and oxygen atoms in total. The summed E-state index contributed by atoms with van der Waals surface area (Å²) in [6, 6.07) is 20.3. The van der Waals surface area contributed by atoms with E-state index in [0.717, 1.165) is 26.2 Å². The fourth-order valence-electron chi connectivity index (χ4n) is 3.21. The monoisotopic (exact) mass is 417 g/mol. The van der Waals surface area contributed by atoms with Gasteiger partial charge in [0.15, 0.2) is 0 Å². The third kappa shape index (κ3) is 4.07. The van der Waals surface area contributed by atoms with Crippen molar-refractivity contribution in [2.75, 3.05) is 7.05 Å². The second-order valence-electron chi connectivity index (χ2n) is 6.88. The summed E-state index contributed by atoms with van der Waals surface area (Å²) in [5.41, 5.74) is 3.60. The van der Waals surface area contributed by atoms with Gasteiger partial charge in [-0.1, -0.05) is 42.5 Å². The van der Waals surface area contributed by atoms with E-state index in [1.807, 2.05) is 36.5 Å². The molecule has 150 valence electrons. The molecule has 0 bridgehead atoms. The molecule has 2 N–H and O–H groups in total. The molecular formula is C23H19N3O3S. The van der Waals surface area contributed by atoms with Crippen LogP contribution in [0.1, 0.15) is 25.6 Å². The Morgan fingerprint density at radius 2 is 1.67 bits per heavy atom. The van der Waals surface area contributed by atoms with Gasteiger partial charge in [-0.05, 0) is 35.0 Å². The molecule has 0 saturated heterocycles. The number of aromatic nitrogens is 1. The molecule has 0 fully saturated rings. The summed E-state index contributed by atoms with van der Waals surface area (Å²) in [5, 5.41) is 11.4. The molecule has 0 aliphatic heterocycles. The van der Waals surface area contributed by atoms with Crippen molar-refractivity contribution >= 4 is 33.9 Å². The first-order chi connectivity index (χ1) is 14.5. The summed E-state index contributed by atoms with van der Waals surface area (Å²) in [6.07, 6.45) is 1.81. The number of hydroxylamine groups is 1. The summed E-state index contributed by atoms with van der Waals surface area (Å²) in [4.78, 5) is 31.6. The average molecular weight is 417 g/mol. The van der Waals surface area contributed by atoms with Crippen LogP contribution in [0.2, 0.25) is 0 Å². The number of nitrogens with zero attached hydrogens (tertiary/aromatic N) is 2. The maximum Gasteiger partial charge on any atom is 0.274 e. The smallest absolute Gasteiger partial charge is 0.274 e. The van der Waals surface area contributed by atoms with Crippen LogP contribution in [0.4, 0.5) is 0 Å². The van der Waals surface area contributed by atoms with Gasteiger partial charge in [-0.25, -0.2) is 10.5 Å². The van der Waals surface area contributed by atoms with Crippen LogP contribution in [0, 0.1) is 0 Å². The van der Waals surface area contributed by atoms with E-state index in [4.69, 9.17) is 5.21 Å². The van der Waals surface area contributed by atoms with E-state index in [2.05, 4.69) is 4.98 Å². The first-order valence-corrected chi connectivity index (χ1v) is 10.1. The van der Waals surface area contributed by atoms with Crippen molar-refractivity contribution < 1.29 is 14.8 Å². The molecule has 4 rings (SSSR count). The molecule has 1 aromatic heterocycles. The predicted molar refractivity (Wildman–Crippen MR) is 117 cm³/mol. The highest BCUT2D eigenvalue weighted by molar-refractivity contribution is 7.15. The highest BCUT2D eigenvalue weighted by Crippen LogP contribution is 2.26. The minimum absolute atomic E-state index is 0.0938. The Bertz CT molecular complexity index is 1220. The van der Waals surface area contributed by atoms with Crippen LogP contribution < -0.4 is 5.48 Å². The molecule has 0 saturated carbocycles. The summed E-state index contributed by atoms with van der Waals surface area (Å²) < 4.78 is 0. The van der Waals surface area contributed by atoms with Crippen molar-refractivity contribution in [3.8, 4) is 10.6 Å². The molecule has 1 heterocycles. The quantitative estimate of drug-likeness (QED) is 0.373. The lowest BCUT2D eigenvalue weighted by molar-refractivity contribution is 0.0706. The zero-order chi connectivity index (χ0) is 21.1. The Balaban J connectivity index is 1.50. The summed E-state index contributed by atoms with van der Waals surface area (Å²) >= 11 is 1.57. The zero-order valence-electron chi connectivity index (χ0n) is 16.2. The van der Waals surface area contributed by atoms with E-state index in [1.54, 1.807) is 65.2 Å². The summed E-state index contributed by atoms with van der Waals surface area (Å²) in [5.74, 6) is -0.667. The molecule has 0 aliphatic carbocycles. The summed E-state index contributed by atoms with van der Waals surface area (Å²) in [7, 11) is 1.77. The molecule has 7 heteroatoms. The lowest BCUT2D eigenvalue weighted by Gasteiger charge is -2.16. The third-order valence-corrected chi connectivity index (χ3v) is 5.80. The number of hydrogen-bond donors (Lipinski definition) is 2. The minimum atomic E-state index is -0.573. The number of fused-ring (bicyclic) bond motifs is 1. The molecule has 0 aliphatic rings. The van der Waals surface area contributed by atoms with Gasteiger partial charge in [0.05, 0.1) is 6.54 Å². The number of benzene rings is 3. The Kier molecular flexibility index (Phi) is 5.56. The van der Waals surface area contributed by atoms with Crippen LogP contribution in [0.15, 0.2) is 72.9 Å². The predicted octanol–water partition coefficient (Wildman–Crippen LogP) is 4.35. The Morgan fingerprint density at radius 1 is 1.00 bits per heavy atom. The molecular weight excluding hydrogens is 398 g/mol. The first-order valence-electron chi connectivity index (χ1n) is 9.29. The van der Waals surface area contributed by atoms with Crippen molar-refractivity contribution in [2.24, 2.45) is 0 Å². The number of thiazole rings is 1. The van der Waals surface area contributed by atoms with E-state index in [9.17, 15) is 9.59 Å². The van der Waals surface area contributed by atoms with Crippen LogP contribution >= 0.6 is 11.3 Å². The van der Waals surface area contributed by atoms with Crippen molar-refractivity contribution in [1.29, 1.82) is 0 Å². The van der Waals surface area contributed by atoms with Gasteiger partial charge in [0, 0.05) is 34.8 Å². The van der Waals surface area contributed by atoms with Crippen LogP contribution in [-0.2, 0) is 6.54 Å². The van der Waals surface area contributed by atoms with E-state index in [-0.39, 0.29) is 5.91 Å². The Hall–Kier alpha value is -3.55. The topological polar surface area (TPSA) is 82.5 Å². The maximum absolute atomic E-state index is 12.9. The Labute approximate surface area is 177 Å². The molecule has 4 aromatic rings. The number of hydrogen-bond acceptors (Lipinski definition) is 5. The molecule has 2 amide bonds. The van der Waals surface area contributed by atoms with Crippen LogP contribution in [0.3, 0.4) is 0 Å². The second kappa shape index (κ2) is 8.44. The van der Waals surface area contributed by atoms with Crippen molar-refractivity contribution in [1.82, 2.24) is 15.4 Å². The fraction of sp³-hybridized carbons (Fsp3) is 0.0870. The van der Waals surface area contributed by atoms with E-state index >= 15 is 0 Å². The lowest BCUT2D eigenvalue weighted by atomic mass is 10.0. The summed E-state index contributed by atoms with van der Waals surface area (Å²) in [6.45, 7) is 0.469. The third-order valence-electron chi connectivity index (χ3n) is 4.76. The van der Waals surface area contributed by atoms with Crippen molar-refractivity contribution in [2.45, 2.75) is 6.54 Å². The zero-order valence-corrected chi connectivity index (χ0v) is 17.0. The molecule has 0 radical (unpaired) electrons.